The van der Waals surface area contributed by atoms with Gasteiger partial charge in [0.25, 0.3) is 0 Å². The Morgan fingerprint density at radius 2 is 2.30 bits per heavy atom. The van der Waals surface area contributed by atoms with E-state index in [1.54, 1.807) is 0 Å². The zero-order valence-corrected chi connectivity index (χ0v) is 6.59. The second-order valence-electron chi connectivity index (χ2n) is 2.59. The van der Waals surface area contributed by atoms with E-state index >= 15 is 0 Å². The molecule has 1 saturated heterocycles. The number of rotatable bonds is 1. The van der Waals surface area contributed by atoms with Gasteiger partial charge in [0, 0.05) is 6.54 Å². The van der Waals surface area contributed by atoms with E-state index in [4.69, 9.17) is 5.11 Å². The molecule has 0 bridgehead atoms. The summed E-state index contributed by atoms with van der Waals surface area (Å²) in [5.41, 5.74) is -1.34. The Kier molecular flexibility index (Phi) is 4.17. The minimum absolute atomic E-state index is 0. The van der Waals surface area contributed by atoms with E-state index < -0.39 is 5.67 Å². The largest absolute Gasteiger partial charge is 0.393 e. The van der Waals surface area contributed by atoms with Gasteiger partial charge < -0.3 is 10.4 Å². The van der Waals surface area contributed by atoms with Crippen LogP contribution in [-0.2, 0) is 0 Å². The summed E-state index contributed by atoms with van der Waals surface area (Å²) in [6.07, 6.45) is 1.33. The molecule has 1 aliphatic heterocycles. The molecule has 4 heteroatoms. The lowest BCUT2D eigenvalue weighted by Crippen LogP contribution is -2.44. The SMILES string of the molecule is Cl.OCC1(F)CCCNC1. The Labute approximate surface area is 66.2 Å². The number of nitrogens with one attached hydrogen (secondary N) is 1. The average Bonchev–Trinajstić information content (AvgIpc) is 1.90. The van der Waals surface area contributed by atoms with Gasteiger partial charge >= 0.3 is 0 Å². The molecule has 1 atom stereocenters. The van der Waals surface area contributed by atoms with E-state index in [0.29, 0.717) is 13.0 Å². The van der Waals surface area contributed by atoms with Crippen molar-refractivity contribution in [1.29, 1.82) is 0 Å². The number of aliphatic hydroxyl groups excluding tert-OH is 1. The van der Waals surface area contributed by atoms with Gasteiger partial charge in [-0.3, -0.25) is 0 Å². The third-order valence-corrected chi connectivity index (χ3v) is 1.70. The molecule has 0 aliphatic carbocycles. The van der Waals surface area contributed by atoms with Crippen molar-refractivity contribution >= 4 is 12.4 Å². The van der Waals surface area contributed by atoms with Gasteiger partial charge in [-0.1, -0.05) is 0 Å². The molecular formula is C6H13ClFNO. The molecule has 1 aliphatic rings. The molecule has 1 fully saturated rings. The molecule has 0 radical (unpaired) electrons. The molecule has 1 heterocycles. The summed E-state index contributed by atoms with van der Waals surface area (Å²) >= 11 is 0. The van der Waals surface area contributed by atoms with E-state index in [1.807, 2.05) is 0 Å². The molecule has 2 N–H and O–H groups in total. The summed E-state index contributed by atoms with van der Waals surface area (Å²) in [6, 6.07) is 0. The van der Waals surface area contributed by atoms with Crippen LogP contribution in [0.1, 0.15) is 12.8 Å². The van der Waals surface area contributed by atoms with Crippen LogP contribution in [0.25, 0.3) is 0 Å². The monoisotopic (exact) mass is 169 g/mol. The zero-order chi connectivity index (χ0) is 6.74. The van der Waals surface area contributed by atoms with Crippen molar-refractivity contribution in [3.05, 3.63) is 0 Å². The average molecular weight is 170 g/mol. The van der Waals surface area contributed by atoms with Crippen molar-refractivity contribution in [2.45, 2.75) is 18.5 Å². The predicted molar refractivity (Wildman–Crippen MR) is 40.3 cm³/mol. The molecule has 0 aromatic heterocycles. The molecule has 10 heavy (non-hydrogen) atoms. The van der Waals surface area contributed by atoms with Gasteiger partial charge in [0.1, 0.15) is 5.67 Å². The number of hydrogen-bond acceptors (Lipinski definition) is 2. The maximum absolute atomic E-state index is 13.0. The maximum atomic E-state index is 13.0. The van der Waals surface area contributed by atoms with Gasteiger partial charge in [-0.2, -0.15) is 0 Å². The van der Waals surface area contributed by atoms with Crippen LogP contribution in [0.15, 0.2) is 0 Å². The van der Waals surface area contributed by atoms with Crippen molar-refractivity contribution in [1.82, 2.24) is 5.32 Å². The van der Waals surface area contributed by atoms with Crippen molar-refractivity contribution < 1.29 is 9.50 Å². The number of piperidine rings is 1. The van der Waals surface area contributed by atoms with Gasteiger partial charge in [0.2, 0.25) is 0 Å². The highest BCUT2D eigenvalue weighted by Crippen LogP contribution is 2.19. The fraction of sp³-hybridized carbons (Fsp3) is 1.00. The lowest BCUT2D eigenvalue weighted by atomic mass is 9.97. The van der Waals surface area contributed by atoms with Crippen molar-refractivity contribution in [2.24, 2.45) is 0 Å². The number of aliphatic hydroxyl groups is 1. The summed E-state index contributed by atoms with van der Waals surface area (Å²) < 4.78 is 13.0. The lowest BCUT2D eigenvalue weighted by molar-refractivity contribution is 0.0479. The Balaban J connectivity index is 0.000000810. The number of halogens is 2. The van der Waals surface area contributed by atoms with Gasteiger partial charge in [-0.05, 0) is 19.4 Å². The number of alkyl halides is 1. The first-order valence-corrected chi connectivity index (χ1v) is 3.27. The first kappa shape index (κ1) is 10.1. The first-order chi connectivity index (χ1) is 4.27. The molecule has 0 spiro atoms. The van der Waals surface area contributed by atoms with E-state index in [1.165, 1.54) is 0 Å². The normalized spacial score (nSPS) is 33.0. The van der Waals surface area contributed by atoms with Crippen LogP contribution in [0.3, 0.4) is 0 Å². The molecule has 1 rings (SSSR count). The van der Waals surface area contributed by atoms with E-state index in [0.717, 1.165) is 13.0 Å². The Morgan fingerprint density at radius 1 is 1.60 bits per heavy atom. The quantitative estimate of drug-likeness (QED) is 0.599. The smallest absolute Gasteiger partial charge is 0.146 e. The molecule has 1 unspecified atom stereocenters. The van der Waals surface area contributed by atoms with Crippen LogP contribution in [0.5, 0.6) is 0 Å². The highest BCUT2D eigenvalue weighted by Gasteiger charge is 2.30. The number of hydrogen-bond donors (Lipinski definition) is 2. The molecule has 0 amide bonds. The third-order valence-electron chi connectivity index (χ3n) is 1.70. The highest BCUT2D eigenvalue weighted by molar-refractivity contribution is 5.85. The Bertz CT molecular complexity index is 95.7. The van der Waals surface area contributed by atoms with E-state index in [-0.39, 0.29) is 19.0 Å². The maximum Gasteiger partial charge on any atom is 0.146 e. The first-order valence-electron chi connectivity index (χ1n) is 3.27. The Morgan fingerprint density at radius 3 is 2.60 bits per heavy atom. The van der Waals surface area contributed by atoms with Gasteiger partial charge in [-0.15, -0.1) is 12.4 Å². The van der Waals surface area contributed by atoms with E-state index in [9.17, 15) is 4.39 Å². The Hall–Kier alpha value is 0.140. The van der Waals surface area contributed by atoms with Gasteiger partial charge in [-0.25, -0.2) is 4.39 Å². The molecule has 0 aromatic rings. The van der Waals surface area contributed by atoms with Crippen LogP contribution in [0.2, 0.25) is 0 Å². The van der Waals surface area contributed by atoms with Crippen LogP contribution in [-0.4, -0.2) is 30.5 Å². The van der Waals surface area contributed by atoms with Gasteiger partial charge in [0.05, 0.1) is 6.61 Å². The second kappa shape index (κ2) is 4.11. The van der Waals surface area contributed by atoms with Crippen LogP contribution in [0, 0.1) is 0 Å². The van der Waals surface area contributed by atoms with Crippen molar-refractivity contribution in [3.63, 3.8) is 0 Å². The molecule has 0 saturated carbocycles. The molecular weight excluding hydrogens is 157 g/mol. The highest BCUT2D eigenvalue weighted by atomic mass is 35.5. The fourth-order valence-corrected chi connectivity index (χ4v) is 1.07. The topological polar surface area (TPSA) is 32.3 Å². The van der Waals surface area contributed by atoms with Crippen molar-refractivity contribution in [2.75, 3.05) is 19.7 Å². The van der Waals surface area contributed by atoms with Crippen molar-refractivity contribution in [3.8, 4) is 0 Å². The lowest BCUT2D eigenvalue weighted by Gasteiger charge is -2.27. The van der Waals surface area contributed by atoms with Crippen LogP contribution in [0.4, 0.5) is 4.39 Å². The standard InChI is InChI=1S/C6H12FNO.ClH/c7-6(5-9)2-1-3-8-4-6;/h8-9H,1-5H2;1H. The third kappa shape index (κ3) is 2.40. The fourth-order valence-electron chi connectivity index (χ4n) is 1.07. The van der Waals surface area contributed by atoms with Crippen LogP contribution >= 0.6 is 12.4 Å². The molecule has 62 valence electrons. The van der Waals surface area contributed by atoms with E-state index in [2.05, 4.69) is 5.32 Å². The van der Waals surface area contributed by atoms with Gasteiger partial charge in [0.15, 0.2) is 0 Å². The zero-order valence-electron chi connectivity index (χ0n) is 5.77. The molecule has 2 nitrogen and oxygen atoms in total. The summed E-state index contributed by atoms with van der Waals surface area (Å²) in [6.45, 7) is 0.842. The van der Waals surface area contributed by atoms with Crippen LogP contribution < -0.4 is 5.32 Å². The minimum Gasteiger partial charge on any atom is -0.393 e. The predicted octanol–water partition coefficient (Wildman–Crippen LogP) is 0.492. The minimum atomic E-state index is -1.34. The summed E-state index contributed by atoms with van der Waals surface area (Å²) in [4.78, 5) is 0. The second-order valence-corrected chi connectivity index (χ2v) is 2.59. The summed E-state index contributed by atoms with van der Waals surface area (Å²) in [7, 11) is 0. The summed E-state index contributed by atoms with van der Waals surface area (Å²) in [5, 5.41) is 11.4. The summed E-state index contributed by atoms with van der Waals surface area (Å²) in [5.74, 6) is 0. The molecule has 0 aromatic carbocycles.